The highest BCUT2D eigenvalue weighted by Crippen LogP contribution is 2.23. The van der Waals surface area contributed by atoms with Crippen LogP contribution in [0, 0.1) is 5.92 Å². The van der Waals surface area contributed by atoms with Gasteiger partial charge in [0.15, 0.2) is 0 Å². The van der Waals surface area contributed by atoms with Crippen LogP contribution >= 0.6 is 0 Å². The van der Waals surface area contributed by atoms with Crippen LogP contribution in [0.25, 0.3) is 11.4 Å². The molecule has 0 spiro atoms. The first-order valence-corrected chi connectivity index (χ1v) is 9.69. The summed E-state index contributed by atoms with van der Waals surface area (Å²) in [6.45, 7) is 4.37. The smallest absolute Gasteiger partial charge is 0.241 e. The Bertz CT molecular complexity index is 716. The Kier molecular flexibility index (Phi) is 5.29. The van der Waals surface area contributed by atoms with Crippen LogP contribution in [0.15, 0.2) is 34.9 Å². The molecule has 0 N–H and O–H groups in total. The van der Waals surface area contributed by atoms with E-state index in [1.54, 1.807) is 0 Å². The molecule has 0 unspecified atom stereocenters. The Morgan fingerprint density at radius 1 is 1.04 bits per heavy atom. The van der Waals surface area contributed by atoms with Gasteiger partial charge in [-0.25, -0.2) is 0 Å². The third-order valence-corrected chi connectivity index (χ3v) is 5.46. The van der Waals surface area contributed by atoms with E-state index in [0.29, 0.717) is 24.2 Å². The lowest BCUT2D eigenvalue weighted by Gasteiger charge is -2.35. The van der Waals surface area contributed by atoms with Gasteiger partial charge in [-0.1, -0.05) is 35.5 Å². The Morgan fingerprint density at radius 2 is 1.77 bits per heavy atom. The molecule has 1 aromatic carbocycles. The fourth-order valence-corrected chi connectivity index (χ4v) is 3.93. The Balaban J connectivity index is 1.29. The molecule has 0 bridgehead atoms. The number of benzene rings is 1. The predicted octanol–water partition coefficient (Wildman–Crippen LogP) is 2.96. The van der Waals surface area contributed by atoms with Crippen molar-refractivity contribution in [2.75, 3.05) is 26.2 Å². The average molecular weight is 354 g/mol. The number of carbonyl (C=O) groups excluding carboxylic acids is 1. The highest BCUT2D eigenvalue weighted by molar-refractivity contribution is 5.79. The van der Waals surface area contributed by atoms with E-state index < -0.39 is 0 Å². The molecule has 26 heavy (non-hydrogen) atoms. The van der Waals surface area contributed by atoms with Gasteiger partial charge in [0.1, 0.15) is 0 Å². The summed E-state index contributed by atoms with van der Waals surface area (Å²) in [4.78, 5) is 21.5. The first-order chi connectivity index (χ1) is 12.8. The van der Waals surface area contributed by atoms with Gasteiger partial charge < -0.3 is 9.42 Å². The summed E-state index contributed by atoms with van der Waals surface area (Å²) in [6.07, 6.45) is 5.43. The molecule has 0 atom stereocenters. The summed E-state index contributed by atoms with van der Waals surface area (Å²) < 4.78 is 5.41. The van der Waals surface area contributed by atoms with Crippen molar-refractivity contribution >= 4 is 5.91 Å². The maximum atomic E-state index is 12.6. The number of piperidine rings is 2. The fourth-order valence-electron chi connectivity index (χ4n) is 3.93. The first-order valence-electron chi connectivity index (χ1n) is 9.69. The molecule has 1 amide bonds. The number of carbonyl (C=O) groups is 1. The van der Waals surface area contributed by atoms with Gasteiger partial charge in [0.2, 0.25) is 17.6 Å². The summed E-state index contributed by atoms with van der Waals surface area (Å²) in [7, 11) is 0. The number of likely N-dealkylation sites (tertiary alicyclic amines) is 2. The number of hydrogen-bond acceptors (Lipinski definition) is 5. The molecule has 0 radical (unpaired) electrons. The Labute approximate surface area is 154 Å². The minimum Gasteiger partial charge on any atom is -0.342 e. The number of aromatic nitrogens is 2. The van der Waals surface area contributed by atoms with Gasteiger partial charge in [0.05, 0.1) is 6.54 Å². The molecule has 3 heterocycles. The summed E-state index contributed by atoms with van der Waals surface area (Å²) >= 11 is 0. The van der Waals surface area contributed by atoms with Crippen molar-refractivity contribution < 1.29 is 9.32 Å². The second kappa shape index (κ2) is 7.99. The minimum atomic E-state index is 0.187. The van der Waals surface area contributed by atoms with Gasteiger partial charge in [-0.3, -0.25) is 9.69 Å². The van der Waals surface area contributed by atoms with Crippen LogP contribution in [-0.2, 0) is 11.3 Å². The van der Waals surface area contributed by atoms with E-state index in [1.165, 1.54) is 6.42 Å². The largest absolute Gasteiger partial charge is 0.342 e. The van der Waals surface area contributed by atoms with Crippen LogP contribution in [0.3, 0.4) is 0 Å². The van der Waals surface area contributed by atoms with E-state index in [2.05, 4.69) is 19.9 Å². The maximum absolute atomic E-state index is 12.6. The van der Waals surface area contributed by atoms with Crippen molar-refractivity contribution in [2.24, 2.45) is 5.92 Å². The van der Waals surface area contributed by atoms with Gasteiger partial charge >= 0.3 is 0 Å². The van der Waals surface area contributed by atoms with Gasteiger partial charge in [-0.15, -0.1) is 0 Å². The molecule has 2 aliphatic rings. The predicted molar refractivity (Wildman–Crippen MR) is 98.2 cm³/mol. The van der Waals surface area contributed by atoms with Gasteiger partial charge in [-0.2, -0.15) is 4.98 Å². The molecule has 0 aliphatic carbocycles. The second-order valence-electron chi connectivity index (χ2n) is 7.31. The minimum absolute atomic E-state index is 0.187. The van der Waals surface area contributed by atoms with Crippen LogP contribution in [0.4, 0.5) is 0 Å². The molecule has 1 aromatic heterocycles. The highest BCUT2D eigenvalue weighted by atomic mass is 16.5. The molecule has 138 valence electrons. The van der Waals surface area contributed by atoms with Crippen molar-refractivity contribution in [3.8, 4) is 11.4 Å². The topological polar surface area (TPSA) is 62.5 Å². The summed E-state index contributed by atoms with van der Waals surface area (Å²) in [5, 5.41) is 4.08. The van der Waals surface area contributed by atoms with Crippen LogP contribution in [0.5, 0.6) is 0 Å². The fraction of sp³-hybridized carbons (Fsp3) is 0.550. The molecule has 6 heteroatoms. The second-order valence-corrected chi connectivity index (χ2v) is 7.31. The van der Waals surface area contributed by atoms with Crippen LogP contribution in [0.1, 0.15) is 38.0 Å². The Morgan fingerprint density at radius 3 is 2.50 bits per heavy atom. The molecule has 6 nitrogen and oxygen atoms in total. The third kappa shape index (κ3) is 3.96. The van der Waals surface area contributed by atoms with E-state index in [0.717, 1.165) is 57.4 Å². The lowest BCUT2D eigenvalue weighted by Crippen LogP contribution is -2.44. The molecule has 0 saturated carbocycles. The molecule has 2 aromatic rings. The average Bonchev–Trinajstić information content (AvgIpc) is 3.18. The zero-order valence-corrected chi connectivity index (χ0v) is 15.1. The van der Waals surface area contributed by atoms with E-state index in [9.17, 15) is 4.79 Å². The van der Waals surface area contributed by atoms with Gasteiger partial charge in [0.25, 0.3) is 0 Å². The van der Waals surface area contributed by atoms with Crippen molar-refractivity contribution in [1.82, 2.24) is 19.9 Å². The summed E-state index contributed by atoms with van der Waals surface area (Å²) in [6, 6.07) is 9.86. The standard InChI is InChI=1S/C20H26N4O2/c25-20(24-11-5-2-6-12-24)17-9-13-23(14-10-17)15-18-21-19(22-26-18)16-7-3-1-4-8-16/h1,3-4,7-8,17H,2,5-6,9-15H2. The quantitative estimate of drug-likeness (QED) is 0.845. The van der Waals surface area contributed by atoms with Crippen molar-refractivity contribution in [3.63, 3.8) is 0 Å². The van der Waals surface area contributed by atoms with Crippen LogP contribution in [-0.4, -0.2) is 52.0 Å². The summed E-state index contributed by atoms with van der Waals surface area (Å²) in [5.74, 6) is 1.83. The first kappa shape index (κ1) is 17.2. The van der Waals surface area contributed by atoms with E-state index in [1.807, 2.05) is 30.3 Å². The lowest BCUT2D eigenvalue weighted by molar-refractivity contribution is -0.138. The molecule has 2 saturated heterocycles. The van der Waals surface area contributed by atoms with Crippen molar-refractivity contribution in [1.29, 1.82) is 0 Å². The number of nitrogens with zero attached hydrogens (tertiary/aromatic N) is 4. The molecule has 2 fully saturated rings. The van der Waals surface area contributed by atoms with E-state index in [-0.39, 0.29) is 5.92 Å². The SMILES string of the molecule is O=C(C1CCN(Cc2nc(-c3ccccc3)no2)CC1)N1CCCCC1. The van der Waals surface area contributed by atoms with Gasteiger partial charge in [0, 0.05) is 24.6 Å². The highest BCUT2D eigenvalue weighted by Gasteiger charge is 2.29. The lowest BCUT2D eigenvalue weighted by atomic mass is 9.94. The molecular weight excluding hydrogens is 328 g/mol. The number of hydrogen-bond donors (Lipinski definition) is 0. The molecule has 4 rings (SSSR count). The van der Waals surface area contributed by atoms with Crippen molar-refractivity contribution in [3.05, 3.63) is 36.2 Å². The van der Waals surface area contributed by atoms with E-state index >= 15 is 0 Å². The van der Waals surface area contributed by atoms with E-state index in [4.69, 9.17) is 4.52 Å². The monoisotopic (exact) mass is 354 g/mol. The van der Waals surface area contributed by atoms with Crippen molar-refractivity contribution in [2.45, 2.75) is 38.6 Å². The molecule has 2 aliphatic heterocycles. The maximum Gasteiger partial charge on any atom is 0.241 e. The van der Waals surface area contributed by atoms with Crippen LogP contribution < -0.4 is 0 Å². The zero-order chi connectivity index (χ0) is 17.8. The van der Waals surface area contributed by atoms with Gasteiger partial charge in [-0.05, 0) is 45.2 Å². The number of rotatable bonds is 4. The Hall–Kier alpha value is -2.21. The van der Waals surface area contributed by atoms with Crippen LogP contribution in [0.2, 0.25) is 0 Å². The number of amides is 1. The zero-order valence-electron chi connectivity index (χ0n) is 15.1. The third-order valence-electron chi connectivity index (χ3n) is 5.46. The normalized spacial score (nSPS) is 19.6. The molecular formula is C20H26N4O2. The summed E-state index contributed by atoms with van der Waals surface area (Å²) in [5.41, 5.74) is 0.966.